The van der Waals surface area contributed by atoms with Gasteiger partial charge in [-0.25, -0.2) is 9.82 Å². The number of halogens is 1. The number of anilines is 1. The number of carbonyl (C=O) groups excluding carboxylic acids is 4. The monoisotopic (exact) mass is 664 g/mol. The van der Waals surface area contributed by atoms with Crippen molar-refractivity contribution in [1.29, 1.82) is 0 Å². The molecule has 11 nitrogen and oxygen atoms in total. The predicted molar refractivity (Wildman–Crippen MR) is 185 cm³/mol. The molecule has 0 radical (unpaired) electrons. The van der Waals surface area contributed by atoms with E-state index in [-0.39, 0.29) is 18.7 Å². The van der Waals surface area contributed by atoms with Crippen LogP contribution in [0.4, 0.5) is 5.69 Å². The lowest BCUT2D eigenvalue weighted by Crippen LogP contribution is -2.56. The molecular weight excluding hydrogens is 618 g/mol. The van der Waals surface area contributed by atoms with E-state index in [2.05, 4.69) is 32.3 Å². The molecule has 3 unspecified atom stereocenters. The lowest BCUT2D eigenvalue weighted by atomic mass is 10.0. The van der Waals surface area contributed by atoms with Crippen molar-refractivity contribution in [2.75, 3.05) is 25.0 Å². The zero-order chi connectivity index (χ0) is 34.0. The highest BCUT2D eigenvalue weighted by molar-refractivity contribution is 6.13. The molecule has 0 spiro atoms. The first kappa shape index (κ1) is 37.1. The molecule has 0 aliphatic carbocycles. The highest BCUT2D eigenvalue weighted by atomic mass is 35.5. The van der Waals surface area contributed by atoms with Crippen molar-refractivity contribution < 1.29 is 24.2 Å². The summed E-state index contributed by atoms with van der Waals surface area (Å²) >= 11 is 5.53. The van der Waals surface area contributed by atoms with Crippen molar-refractivity contribution in [3.05, 3.63) is 85.1 Å². The molecule has 1 heterocycles. The number of rotatable bonds is 20. The van der Waals surface area contributed by atoms with Gasteiger partial charge in [0, 0.05) is 31.1 Å². The number of nitrogens with zero attached hydrogens (tertiary/aromatic N) is 1. The van der Waals surface area contributed by atoms with Crippen molar-refractivity contribution in [3.63, 3.8) is 0 Å². The van der Waals surface area contributed by atoms with Crippen LogP contribution in [0.1, 0.15) is 51.0 Å². The van der Waals surface area contributed by atoms with Crippen molar-refractivity contribution in [1.82, 2.24) is 20.4 Å². The molecule has 0 saturated carbocycles. The third-order valence-electron chi connectivity index (χ3n) is 7.70. The molecule has 3 atom stereocenters. The van der Waals surface area contributed by atoms with E-state index in [1.54, 1.807) is 17.2 Å². The molecule has 3 aromatic rings. The number of benzene rings is 2. The first-order valence-electron chi connectivity index (χ1n) is 16.1. The molecule has 1 aromatic heterocycles. The SMILES string of the molecule is C=CCCN(CCC)C(=O)CC(NC(=O)C(N)CCCNCl)C(=O)NC(CCc1ccccc1)C(=O)Nc1c[nH+]c2ccccc2c1. The quantitative estimate of drug-likeness (QED) is 0.0708. The second-order valence-electron chi connectivity index (χ2n) is 11.4. The van der Waals surface area contributed by atoms with Gasteiger partial charge in [-0.2, -0.15) is 0 Å². The number of aryl methyl sites for hydroxylation is 1. The van der Waals surface area contributed by atoms with Crippen LogP contribution >= 0.6 is 11.8 Å². The maximum Gasteiger partial charge on any atom is 0.247 e. The Balaban J connectivity index is 1.84. The van der Waals surface area contributed by atoms with E-state index in [4.69, 9.17) is 17.5 Å². The minimum atomic E-state index is -1.25. The number of carbonyl (C=O) groups is 4. The van der Waals surface area contributed by atoms with Crippen LogP contribution in [0.2, 0.25) is 0 Å². The Morgan fingerprint density at radius 2 is 1.68 bits per heavy atom. The number of aromatic amines is 1. The Kier molecular flexibility index (Phi) is 15.8. The maximum absolute atomic E-state index is 13.9. The molecule has 0 fully saturated rings. The van der Waals surface area contributed by atoms with Gasteiger partial charge in [-0.3, -0.25) is 19.2 Å². The number of amides is 4. The molecule has 0 bridgehead atoms. The fourth-order valence-electron chi connectivity index (χ4n) is 5.11. The molecule has 47 heavy (non-hydrogen) atoms. The van der Waals surface area contributed by atoms with Crippen molar-refractivity contribution in [2.24, 2.45) is 5.73 Å². The van der Waals surface area contributed by atoms with Crippen LogP contribution in [0.5, 0.6) is 0 Å². The fraction of sp³-hybridized carbons (Fsp3) is 0.400. The summed E-state index contributed by atoms with van der Waals surface area (Å²) in [6, 6.07) is 16.0. The van der Waals surface area contributed by atoms with Gasteiger partial charge in [-0.05, 0) is 68.0 Å². The summed E-state index contributed by atoms with van der Waals surface area (Å²) < 4.78 is 0. The van der Waals surface area contributed by atoms with Gasteiger partial charge in [0.05, 0.1) is 12.5 Å². The van der Waals surface area contributed by atoms with Crippen LogP contribution in [0.25, 0.3) is 10.9 Å². The zero-order valence-electron chi connectivity index (χ0n) is 27.0. The highest BCUT2D eigenvalue weighted by Gasteiger charge is 2.31. The Bertz CT molecular complexity index is 1470. The van der Waals surface area contributed by atoms with E-state index in [9.17, 15) is 19.2 Å². The molecule has 7 N–H and O–H groups in total. The number of nitrogens with one attached hydrogen (secondary N) is 5. The summed E-state index contributed by atoms with van der Waals surface area (Å²) in [6.45, 7) is 7.08. The number of H-pyrrole nitrogens is 1. The topological polar surface area (TPSA) is 160 Å². The number of para-hydroxylation sites is 1. The first-order valence-corrected chi connectivity index (χ1v) is 16.5. The number of pyridine rings is 1. The van der Waals surface area contributed by atoms with Crippen LogP contribution in [-0.2, 0) is 25.6 Å². The molecule has 0 aliphatic rings. The lowest BCUT2D eigenvalue weighted by Gasteiger charge is -2.27. The van der Waals surface area contributed by atoms with E-state index in [1.807, 2.05) is 67.6 Å². The molecule has 4 amide bonds. The van der Waals surface area contributed by atoms with Crippen LogP contribution in [0, 0.1) is 0 Å². The van der Waals surface area contributed by atoms with Gasteiger partial charge in [0.15, 0.2) is 6.20 Å². The summed E-state index contributed by atoms with van der Waals surface area (Å²) in [5.41, 5.74) is 8.54. The maximum atomic E-state index is 13.9. The third kappa shape index (κ3) is 12.4. The zero-order valence-corrected chi connectivity index (χ0v) is 27.7. The molecule has 0 aliphatic heterocycles. The third-order valence-corrected chi connectivity index (χ3v) is 7.89. The number of hydrogen-bond donors (Lipinski definition) is 5. The summed E-state index contributed by atoms with van der Waals surface area (Å²) in [6.07, 6.45) is 6.06. The highest BCUT2D eigenvalue weighted by Crippen LogP contribution is 2.15. The van der Waals surface area contributed by atoms with Gasteiger partial charge in [-0.1, -0.05) is 55.5 Å². The summed E-state index contributed by atoms with van der Waals surface area (Å²) in [5.74, 6) is -1.96. The molecule has 252 valence electrons. The van der Waals surface area contributed by atoms with Crippen molar-refractivity contribution >= 4 is 52.0 Å². The van der Waals surface area contributed by atoms with E-state index in [0.29, 0.717) is 51.0 Å². The van der Waals surface area contributed by atoms with E-state index >= 15 is 0 Å². The summed E-state index contributed by atoms with van der Waals surface area (Å²) in [4.78, 5) is 61.4. The Morgan fingerprint density at radius 3 is 2.40 bits per heavy atom. The smallest absolute Gasteiger partial charge is 0.247 e. The summed E-state index contributed by atoms with van der Waals surface area (Å²) in [7, 11) is 0. The predicted octanol–water partition coefficient (Wildman–Crippen LogP) is 3.25. The van der Waals surface area contributed by atoms with Gasteiger partial charge in [-0.15, -0.1) is 6.58 Å². The lowest BCUT2D eigenvalue weighted by molar-refractivity contribution is -0.343. The van der Waals surface area contributed by atoms with Gasteiger partial charge in [0.2, 0.25) is 29.1 Å². The Hall–Kier alpha value is -4.32. The van der Waals surface area contributed by atoms with Gasteiger partial charge in [0.1, 0.15) is 17.8 Å². The number of nitrogens with two attached hydrogens (primary N) is 1. The number of fused-ring (bicyclic) bond motifs is 1. The normalized spacial score (nSPS) is 12.8. The van der Waals surface area contributed by atoms with Crippen molar-refractivity contribution in [2.45, 2.75) is 70.0 Å². The second-order valence-corrected chi connectivity index (χ2v) is 11.7. The number of aromatic nitrogens is 1. The van der Waals surface area contributed by atoms with Crippen LogP contribution in [0.3, 0.4) is 0 Å². The van der Waals surface area contributed by atoms with Crippen molar-refractivity contribution in [3.8, 4) is 0 Å². The van der Waals surface area contributed by atoms with Gasteiger partial charge < -0.3 is 26.6 Å². The molecule has 12 heteroatoms. The number of hydrogen-bond acceptors (Lipinski definition) is 6. The van der Waals surface area contributed by atoms with Crippen LogP contribution < -0.4 is 31.5 Å². The average Bonchev–Trinajstić information content (AvgIpc) is 3.08. The minimum absolute atomic E-state index is 0.278. The standard InChI is InChI=1S/C35H46ClN7O4/c1-3-5-21-43(20-4-2)32(44)23-31(42-33(45)28(37)15-11-19-39-36)35(47)41-30(18-17-25-12-7-6-8-13-25)34(46)40-27-22-26-14-9-10-16-29(26)38-24-27/h3,6-10,12-14,16,22,24,28,30-31,39H,1,4-5,11,15,17-21,23,37H2,2H3,(H,40,46)(H,41,47)(H,42,45)/p+1. The second kappa shape index (κ2) is 20.0. The van der Waals surface area contributed by atoms with E-state index in [0.717, 1.165) is 22.9 Å². The van der Waals surface area contributed by atoms with Gasteiger partial charge >= 0.3 is 0 Å². The summed E-state index contributed by atoms with van der Waals surface area (Å²) in [5, 5.41) is 9.32. The Morgan fingerprint density at radius 1 is 0.957 bits per heavy atom. The Labute approximate surface area is 281 Å². The first-order chi connectivity index (χ1) is 22.7. The van der Waals surface area contributed by atoms with Crippen LogP contribution in [-0.4, -0.2) is 66.3 Å². The average molecular weight is 665 g/mol. The fourth-order valence-corrected chi connectivity index (χ4v) is 5.24. The molecule has 3 rings (SSSR count). The van der Waals surface area contributed by atoms with Gasteiger partial charge in [0.25, 0.3) is 0 Å². The molecular formula is C35H47ClN7O4+. The minimum Gasteiger partial charge on any atom is -0.342 e. The van der Waals surface area contributed by atoms with E-state index < -0.39 is 35.8 Å². The van der Waals surface area contributed by atoms with Crippen LogP contribution in [0.15, 0.2) is 79.5 Å². The molecule has 0 saturated heterocycles. The largest absolute Gasteiger partial charge is 0.342 e. The molecule has 2 aromatic carbocycles. The van der Waals surface area contributed by atoms with E-state index in [1.165, 1.54) is 0 Å².